The Kier molecular flexibility index (Phi) is 3.86. The van der Waals surface area contributed by atoms with Gasteiger partial charge in [0, 0.05) is 17.6 Å². The Morgan fingerprint density at radius 3 is 2.56 bits per heavy atom. The number of carboxylic acid groups (broad SMARTS) is 1. The molecule has 132 valence electrons. The summed E-state index contributed by atoms with van der Waals surface area (Å²) in [5.74, 6) is -1.30. The van der Waals surface area contributed by atoms with E-state index in [1.54, 1.807) is 22.8 Å². The lowest BCUT2D eigenvalue weighted by Gasteiger charge is -2.20. The highest BCUT2D eigenvalue weighted by Crippen LogP contribution is 2.31. The Morgan fingerprint density at radius 2 is 1.92 bits per heavy atom. The lowest BCUT2D eigenvalue weighted by Crippen LogP contribution is -2.37. The predicted molar refractivity (Wildman–Crippen MR) is 91.8 cm³/mol. The van der Waals surface area contributed by atoms with E-state index in [4.69, 9.17) is 5.11 Å². The number of nitrogens with one attached hydrogen (secondary N) is 1. The number of fused-ring (bicyclic) bond motifs is 1. The van der Waals surface area contributed by atoms with Gasteiger partial charge in [0.05, 0.1) is 11.0 Å². The Hall–Kier alpha value is -2.57. The molecule has 0 radical (unpaired) electrons. The molecule has 0 bridgehead atoms. The number of amides is 1. The Morgan fingerprint density at radius 1 is 1.20 bits per heavy atom. The highest BCUT2D eigenvalue weighted by atomic mass is 16.4. The Bertz CT molecular complexity index is 887. The maximum atomic E-state index is 12.7. The summed E-state index contributed by atoms with van der Waals surface area (Å²) in [7, 11) is 0. The summed E-state index contributed by atoms with van der Waals surface area (Å²) in [4.78, 5) is 40.4. The van der Waals surface area contributed by atoms with E-state index >= 15 is 0 Å². The van der Waals surface area contributed by atoms with Gasteiger partial charge in [-0.25, -0.2) is 4.79 Å². The molecule has 25 heavy (non-hydrogen) atoms. The standard InChI is InChI=1S/C18H21N3O4/c22-16(23)10-20(12-6-7-12)17(24)11-5-8-15-14(9-11)19-18(25)21(15)13-3-1-2-4-13/h5,8-9,12-13H,1-4,6-7,10H2,(H,19,25)(H,22,23). The van der Waals surface area contributed by atoms with Crippen molar-refractivity contribution in [3.8, 4) is 0 Å². The molecule has 2 aliphatic carbocycles. The Labute approximate surface area is 144 Å². The molecule has 1 amide bonds. The van der Waals surface area contributed by atoms with Crippen molar-refractivity contribution in [2.75, 3.05) is 6.54 Å². The van der Waals surface area contributed by atoms with Crippen LogP contribution in [0.4, 0.5) is 0 Å². The number of carboxylic acids is 1. The van der Waals surface area contributed by atoms with E-state index in [9.17, 15) is 14.4 Å². The van der Waals surface area contributed by atoms with E-state index in [2.05, 4.69) is 4.98 Å². The number of H-pyrrole nitrogens is 1. The van der Waals surface area contributed by atoms with Crippen molar-refractivity contribution in [3.05, 3.63) is 34.2 Å². The fraction of sp³-hybridized carbons (Fsp3) is 0.500. The average molecular weight is 343 g/mol. The van der Waals surface area contributed by atoms with Crippen molar-refractivity contribution in [1.82, 2.24) is 14.5 Å². The fourth-order valence-electron chi connectivity index (χ4n) is 3.85. The third-order valence-electron chi connectivity index (χ3n) is 5.21. The lowest BCUT2D eigenvalue weighted by atomic mass is 10.1. The van der Waals surface area contributed by atoms with Gasteiger partial charge in [0.15, 0.2) is 0 Å². The van der Waals surface area contributed by atoms with Crippen LogP contribution in [0, 0.1) is 0 Å². The van der Waals surface area contributed by atoms with Crippen LogP contribution in [-0.2, 0) is 4.79 Å². The number of benzene rings is 1. The van der Waals surface area contributed by atoms with Crippen molar-refractivity contribution in [2.24, 2.45) is 0 Å². The zero-order valence-corrected chi connectivity index (χ0v) is 13.9. The zero-order valence-electron chi connectivity index (χ0n) is 13.9. The van der Waals surface area contributed by atoms with Crippen LogP contribution in [0.5, 0.6) is 0 Å². The largest absolute Gasteiger partial charge is 0.480 e. The van der Waals surface area contributed by atoms with E-state index in [0.29, 0.717) is 11.1 Å². The van der Waals surface area contributed by atoms with Crippen molar-refractivity contribution >= 4 is 22.9 Å². The van der Waals surface area contributed by atoms with Crippen molar-refractivity contribution in [3.63, 3.8) is 0 Å². The van der Waals surface area contributed by atoms with Crippen molar-refractivity contribution in [1.29, 1.82) is 0 Å². The van der Waals surface area contributed by atoms with E-state index in [0.717, 1.165) is 44.0 Å². The first-order chi connectivity index (χ1) is 12.0. The van der Waals surface area contributed by atoms with Crippen LogP contribution in [-0.4, -0.2) is 44.0 Å². The number of aromatic amines is 1. The SMILES string of the molecule is O=C(O)CN(C(=O)c1ccc2c(c1)[nH]c(=O)n2C1CCCC1)C1CC1. The summed E-state index contributed by atoms with van der Waals surface area (Å²) < 4.78 is 1.80. The van der Waals surface area contributed by atoms with Gasteiger partial charge in [-0.05, 0) is 43.9 Å². The molecule has 2 N–H and O–H groups in total. The van der Waals surface area contributed by atoms with Gasteiger partial charge in [-0.2, -0.15) is 0 Å². The number of rotatable bonds is 5. The number of aliphatic carboxylic acids is 1. The first-order valence-electron chi connectivity index (χ1n) is 8.81. The van der Waals surface area contributed by atoms with Gasteiger partial charge in [-0.15, -0.1) is 0 Å². The van der Waals surface area contributed by atoms with Crippen LogP contribution < -0.4 is 5.69 Å². The first kappa shape index (κ1) is 15.9. The summed E-state index contributed by atoms with van der Waals surface area (Å²) in [5.41, 5.74) is 1.72. The minimum Gasteiger partial charge on any atom is -0.480 e. The van der Waals surface area contributed by atoms with Crippen LogP contribution in [0.2, 0.25) is 0 Å². The topological polar surface area (TPSA) is 95.4 Å². The highest BCUT2D eigenvalue weighted by Gasteiger charge is 2.34. The number of nitrogens with zero attached hydrogens (tertiary/aromatic N) is 2. The van der Waals surface area contributed by atoms with Gasteiger partial charge in [0.1, 0.15) is 6.54 Å². The van der Waals surface area contributed by atoms with Gasteiger partial charge < -0.3 is 15.0 Å². The monoisotopic (exact) mass is 343 g/mol. The summed E-state index contributed by atoms with van der Waals surface area (Å²) in [6.45, 7) is -0.291. The molecule has 2 fully saturated rings. The summed E-state index contributed by atoms with van der Waals surface area (Å²) in [5, 5.41) is 9.04. The molecular formula is C18H21N3O4. The molecule has 7 heteroatoms. The fourth-order valence-corrected chi connectivity index (χ4v) is 3.85. The van der Waals surface area contributed by atoms with E-state index in [1.165, 1.54) is 4.90 Å². The number of hydrogen-bond donors (Lipinski definition) is 2. The second-order valence-corrected chi connectivity index (χ2v) is 7.03. The minimum atomic E-state index is -1.01. The second kappa shape index (κ2) is 6.06. The van der Waals surface area contributed by atoms with Crippen molar-refractivity contribution in [2.45, 2.75) is 50.6 Å². The van der Waals surface area contributed by atoms with E-state index < -0.39 is 5.97 Å². The maximum absolute atomic E-state index is 12.7. The first-order valence-corrected chi connectivity index (χ1v) is 8.81. The summed E-state index contributed by atoms with van der Waals surface area (Å²) in [6, 6.07) is 5.40. The summed E-state index contributed by atoms with van der Waals surface area (Å²) >= 11 is 0. The second-order valence-electron chi connectivity index (χ2n) is 7.03. The molecule has 1 aromatic heterocycles. The number of carbonyl (C=O) groups excluding carboxylic acids is 1. The van der Waals surface area contributed by atoms with Crippen LogP contribution in [0.15, 0.2) is 23.0 Å². The van der Waals surface area contributed by atoms with Gasteiger partial charge in [-0.1, -0.05) is 12.8 Å². The number of hydrogen-bond acceptors (Lipinski definition) is 3. The highest BCUT2D eigenvalue weighted by molar-refractivity contribution is 5.99. The van der Waals surface area contributed by atoms with Gasteiger partial charge >= 0.3 is 11.7 Å². The lowest BCUT2D eigenvalue weighted by molar-refractivity contribution is -0.137. The average Bonchev–Trinajstić information content (AvgIpc) is 3.17. The molecule has 1 aromatic carbocycles. The van der Waals surface area contributed by atoms with Crippen molar-refractivity contribution < 1.29 is 14.7 Å². The molecular weight excluding hydrogens is 322 g/mol. The van der Waals surface area contributed by atoms with Crippen LogP contribution in [0.25, 0.3) is 11.0 Å². The minimum absolute atomic E-state index is 0.0152. The molecule has 2 aromatic rings. The van der Waals surface area contributed by atoms with Gasteiger partial charge in [0.2, 0.25) is 0 Å². The normalized spacial score (nSPS) is 17.9. The molecule has 0 unspecified atom stereocenters. The maximum Gasteiger partial charge on any atom is 0.326 e. The molecule has 0 spiro atoms. The predicted octanol–water partition coefficient (Wildman–Crippen LogP) is 2.13. The smallest absolute Gasteiger partial charge is 0.326 e. The number of aromatic nitrogens is 2. The number of carbonyl (C=O) groups is 2. The molecule has 0 saturated heterocycles. The zero-order chi connectivity index (χ0) is 17.6. The quantitative estimate of drug-likeness (QED) is 0.869. The van der Waals surface area contributed by atoms with Crippen LogP contribution in [0.1, 0.15) is 54.9 Å². The molecule has 1 heterocycles. The van der Waals surface area contributed by atoms with Crippen LogP contribution >= 0.6 is 0 Å². The Balaban J connectivity index is 1.68. The van der Waals surface area contributed by atoms with E-state index in [-0.39, 0.29) is 30.2 Å². The molecule has 0 atom stereocenters. The molecule has 2 saturated carbocycles. The van der Waals surface area contributed by atoms with Crippen LogP contribution in [0.3, 0.4) is 0 Å². The van der Waals surface area contributed by atoms with E-state index in [1.807, 2.05) is 0 Å². The van der Waals surface area contributed by atoms with Gasteiger partial charge in [-0.3, -0.25) is 14.2 Å². The van der Waals surface area contributed by atoms with Gasteiger partial charge in [0.25, 0.3) is 5.91 Å². The third-order valence-corrected chi connectivity index (χ3v) is 5.21. The molecule has 7 nitrogen and oxygen atoms in total. The molecule has 0 aliphatic heterocycles. The molecule has 2 aliphatic rings. The third kappa shape index (κ3) is 2.94. The summed E-state index contributed by atoms with van der Waals surface area (Å²) in [6.07, 6.45) is 5.95. The molecule has 4 rings (SSSR count). The number of imidazole rings is 1.